The monoisotopic (exact) mass is 405 g/mol. The summed E-state index contributed by atoms with van der Waals surface area (Å²) in [5.74, 6) is 1.53. The predicted molar refractivity (Wildman–Crippen MR) is 106 cm³/mol. The van der Waals surface area contributed by atoms with Gasteiger partial charge in [0.2, 0.25) is 0 Å². The molecule has 5 nitrogen and oxygen atoms in total. The Morgan fingerprint density at radius 3 is 2.64 bits per heavy atom. The van der Waals surface area contributed by atoms with E-state index in [2.05, 4.69) is 43.7 Å². The fraction of sp³-hybridized carbons (Fsp3) is 0.316. The fourth-order valence-electron chi connectivity index (χ4n) is 2.16. The Bertz CT molecular complexity index is 675. The zero-order valence-electron chi connectivity index (χ0n) is 14.6. The van der Waals surface area contributed by atoms with Gasteiger partial charge in [-0.1, -0.05) is 34.1 Å². The first-order valence-electron chi connectivity index (χ1n) is 8.15. The fourth-order valence-corrected chi connectivity index (χ4v) is 2.43. The zero-order chi connectivity index (χ0) is 17.9. The second-order valence-corrected chi connectivity index (χ2v) is 6.32. The highest BCUT2D eigenvalue weighted by atomic mass is 79.9. The van der Waals surface area contributed by atoms with Gasteiger partial charge in [0.15, 0.2) is 5.96 Å². The van der Waals surface area contributed by atoms with Crippen LogP contribution in [0.2, 0.25) is 0 Å². The highest BCUT2D eigenvalue weighted by molar-refractivity contribution is 9.10. The van der Waals surface area contributed by atoms with E-state index in [0.717, 1.165) is 22.3 Å². The van der Waals surface area contributed by atoms with Crippen LogP contribution in [0.25, 0.3) is 0 Å². The van der Waals surface area contributed by atoms with Crippen LogP contribution in [-0.4, -0.2) is 33.3 Å². The first-order valence-corrected chi connectivity index (χ1v) is 8.94. The van der Waals surface area contributed by atoms with Crippen molar-refractivity contribution in [2.24, 2.45) is 4.99 Å². The Hall–Kier alpha value is -2.05. The van der Waals surface area contributed by atoms with Gasteiger partial charge in [-0.05, 0) is 29.8 Å². The molecule has 0 aliphatic heterocycles. The predicted octanol–water partition coefficient (Wildman–Crippen LogP) is 4.05. The average Bonchev–Trinajstić information content (AvgIpc) is 2.64. The maximum absolute atomic E-state index is 5.72. The molecule has 2 aromatic rings. The van der Waals surface area contributed by atoms with Crippen LogP contribution in [0.3, 0.4) is 0 Å². The van der Waals surface area contributed by atoms with E-state index in [9.17, 15) is 0 Å². The molecule has 6 heteroatoms. The lowest BCUT2D eigenvalue weighted by molar-refractivity contribution is 0.172. The second kappa shape index (κ2) is 10.7. The Morgan fingerprint density at radius 1 is 1.12 bits per heavy atom. The number of benzene rings is 2. The van der Waals surface area contributed by atoms with Gasteiger partial charge in [0.1, 0.15) is 5.75 Å². The molecule has 0 amide bonds. The third-order valence-electron chi connectivity index (χ3n) is 3.46. The van der Waals surface area contributed by atoms with Crippen LogP contribution >= 0.6 is 15.9 Å². The lowest BCUT2D eigenvalue weighted by atomic mass is 10.2. The van der Waals surface area contributed by atoms with Crippen LogP contribution in [0.15, 0.2) is 58.0 Å². The summed E-state index contributed by atoms with van der Waals surface area (Å²) >= 11 is 3.44. The molecule has 0 heterocycles. The normalized spacial score (nSPS) is 11.2. The molecule has 0 unspecified atom stereocenters. The Kier molecular flexibility index (Phi) is 8.28. The van der Waals surface area contributed by atoms with Gasteiger partial charge < -0.3 is 20.1 Å². The summed E-state index contributed by atoms with van der Waals surface area (Å²) in [4.78, 5) is 4.26. The van der Waals surface area contributed by atoms with Crippen LogP contribution in [0.1, 0.15) is 12.0 Å². The van der Waals surface area contributed by atoms with E-state index in [1.165, 1.54) is 5.56 Å². The molecule has 2 rings (SSSR count). The number of hydrogen-bond donors (Lipinski definition) is 2. The summed E-state index contributed by atoms with van der Waals surface area (Å²) < 4.78 is 11.8. The summed E-state index contributed by atoms with van der Waals surface area (Å²) in [6.45, 7) is 2.03. The molecule has 25 heavy (non-hydrogen) atoms. The lowest BCUT2D eigenvalue weighted by Gasteiger charge is -2.13. The van der Waals surface area contributed by atoms with Gasteiger partial charge in [0.05, 0.1) is 6.61 Å². The van der Waals surface area contributed by atoms with Crippen molar-refractivity contribution in [3.63, 3.8) is 0 Å². The number of rotatable bonds is 8. The number of hydrogen-bond acceptors (Lipinski definition) is 3. The number of anilines is 1. The number of guanidine groups is 1. The number of halogens is 1. The number of aliphatic imine (C=N–C) groups is 1. The van der Waals surface area contributed by atoms with Gasteiger partial charge in [-0.2, -0.15) is 0 Å². The van der Waals surface area contributed by atoms with Crippen molar-refractivity contribution >= 4 is 27.6 Å². The quantitative estimate of drug-likeness (QED) is 0.395. The molecule has 0 aromatic heterocycles. The van der Waals surface area contributed by atoms with Gasteiger partial charge in [-0.15, -0.1) is 0 Å². The first kappa shape index (κ1) is 19.3. The van der Waals surface area contributed by atoms with Crippen LogP contribution in [0.4, 0.5) is 5.69 Å². The smallest absolute Gasteiger partial charge is 0.195 e. The molecule has 0 aliphatic rings. The highest BCUT2D eigenvalue weighted by Crippen LogP contribution is 2.17. The first-order chi connectivity index (χ1) is 12.2. The van der Waals surface area contributed by atoms with Crippen molar-refractivity contribution < 1.29 is 9.47 Å². The number of ether oxygens (including phenoxy) is 2. The molecule has 0 spiro atoms. The van der Waals surface area contributed by atoms with Gasteiger partial charge in [-0.3, -0.25) is 4.99 Å². The summed E-state index contributed by atoms with van der Waals surface area (Å²) in [5, 5.41) is 6.58. The van der Waals surface area contributed by atoms with Crippen molar-refractivity contribution in [2.45, 2.75) is 13.0 Å². The second-order valence-electron chi connectivity index (χ2n) is 5.40. The minimum atomic E-state index is 0.633. The van der Waals surface area contributed by atoms with E-state index in [-0.39, 0.29) is 0 Å². The summed E-state index contributed by atoms with van der Waals surface area (Å²) in [6, 6.07) is 16.0. The van der Waals surface area contributed by atoms with Gasteiger partial charge >= 0.3 is 0 Å². The Labute approximate surface area is 157 Å². The molecule has 0 saturated heterocycles. The van der Waals surface area contributed by atoms with E-state index in [1.54, 1.807) is 14.2 Å². The molecule has 134 valence electrons. The highest BCUT2D eigenvalue weighted by Gasteiger charge is 2.02. The van der Waals surface area contributed by atoms with E-state index < -0.39 is 0 Å². The van der Waals surface area contributed by atoms with E-state index >= 15 is 0 Å². The van der Waals surface area contributed by atoms with Crippen molar-refractivity contribution in [3.05, 3.63) is 58.6 Å². The molecule has 0 radical (unpaired) electrons. The lowest BCUT2D eigenvalue weighted by Crippen LogP contribution is -2.30. The SMILES string of the molecule is CN=C(NCc1ccc(Br)cc1)Nc1cccc(OCCCOC)c1. The van der Waals surface area contributed by atoms with Crippen LogP contribution in [0.5, 0.6) is 5.75 Å². The molecule has 2 N–H and O–H groups in total. The Morgan fingerprint density at radius 2 is 1.92 bits per heavy atom. The molecular weight excluding hydrogens is 382 g/mol. The van der Waals surface area contributed by atoms with Crippen molar-refractivity contribution in [3.8, 4) is 5.75 Å². The molecule has 0 aliphatic carbocycles. The topological polar surface area (TPSA) is 54.9 Å². The standard InChI is InChI=1S/C19H24BrN3O2/c1-21-19(22-14-15-7-9-16(20)10-8-15)23-17-5-3-6-18(13-17)25-12-4-11-24-2/h3,5-10,13H,4,11-12,14H2,1-2H3,(H2,21,22,23). The van der Waals surface area contributed by atoms with Crippen LogP contribution in [-0.2, 0) is 11.3 Å². The number of nitrogens with one attached hydrogen (secondary N) is 2. The molecule has 2 aromatic carbocycles. The van der Waals surface area contributed by atoms with Crippen molar-refractivity contribution in [1.29, 1.82) is 0 Å². The minimum absolute atomic E-state index is 0.633. The third kappa shape index (κ3) is 7.15. The maximum Gasteiger partial charge on any atom is 0.195 e. The van der Waals surface area contributed by atoms with E-state index in [0.29, 0.717) is 25.7 Å². The summed E-state index contributed by atoms with van der Waals surface area (Å²) in [6.07, 6.45) is 0.866. The maximum atomic E-state index is 5.72. The minimum Gasteiger partial charge on any atom is -0.493 e. The van der Waals surface area contributed by atoms with Gasteiger partial charge in [0, 0.05) is 50.0 Å². The van der Waals surface area contributed by atoms with Gasteiger partial charge in [0.25, 0.3) is 0 Å². The number of methoxy groups -OCH3 is 1. The summed E-state index contributed by atoms with van der Waals surface area (Å²) in [5.41, 5.74) is 2.11. The van der Waals surface area contributed by atoms with Crippen molar-refractivity contribution in [2.75, 3.05) is 32.7 Å². The molecule has 0 fully saturated rings. The molecule has 0 saturated carbocycles. The molecule has 0 bridgehead atoms. The third-order valence-corrected chi connectivity index (χ3v) is 3.98. The van der Waals surface area contributed by atoms with E-state index in [4.69, 9.17) is 9.47 Å². The molecule has 0 atom stereocenters. The van der Waals surface area contributed by atoms with Crippen molar-refractivity contribution in [1.82, 2.24) is 5.32 Å². The molecular formula is C19H24BrN3O2. The average molecular weight is 406 g/mol. The van der Waals surface area contributed by atoms with E-state index in [1.807, 2.05) is 36.4 Å². The van der Waals surface area contributed by atoms with Crippen LogP contribution < -0.4 is 15.4 Å². The zero-order valence-corrected chi connectivity index (χ0v) is 16.2. The summed E-state index contributed by atoms with van der Waals surface area (Å²) in [7, 11) is 3.44. The van der Waals surface area contributed by atoms with Gasteiger partial charge in [-0.25, -0.2) is 0 Å². The largest absolute Gasteiger partial charge is 0.493 e. The Balaban J connectivity index is 1.86. The number of nitrogens with zero attached hydrogens (tertiary/aromatic N) is 1. The van der Waals surface area contributed by atoms with Crippen LogP contribution in [0, 0.1) is 0 Å².